The highest BCUT2D eigenvalue weighted by Gasteiger charge is 2.33. The molecular weight excluding hydrogens is 296 g/mol. The van der Waals surface area contributed by atoms with Gasteiger partial charge < -0.3 is 20.3 Å². The highest BCUT2D eigenvalue weighted by Crippen LogP contribution is 2.20. The van der Waals surface area contributed by atoms with Gasteiger partial charge in [0.05, 0.1) is 23.8 Å². The third-order valence-electron chi connectivity index (χ3n) is 3.47. The summed E-state index contributed by atoms with van der Waals surface area (Å²) in [6, 6.07) is 3.26. The molecular formula is C16H24N4O3. The van der Waals surface area contributed by atoms with E-state index in [1.54, 1.807) is 23.2 Å². The monoisotopic (exact) mass is 320 g/mol. The molecule has 1 aliphatic heterocycles. The Kier molecular flexibility index (Phi) is 5.54. The van der Waals surface area contributed by atoms with Crippen molar-refractivity contribution in [2.75, 3.05) is 26.2 Å². The van der Waals surface area contributed by atoms with E-state index in [-0.39, 0.29) is 23.6 Å². The lowest BCUT2D eigenvalue weighted by atomic mass is 10.1. The number of nitrogens with one attached hydrogen (secondary N) is 2. The minimum absolute atomic E-state index is 0.00906. The summed E-state index contributed by atoms with van der Waals surface area (Å²) in [5.74, 6) is -0.200. The molecule has 0 radical (unpaired) electrons. The first kappa shape index (κ1) is 17.2. The number of morpholine rings is 1. The van der Waals surface area contributed by atoms with E-state index in [0.29, 0.717) is 31.7 Å². The number of carbonyl (C=O) groups excluding carboxylic acids is 2. The second kappa shape index (κ2) is 7.41. The van der Waals surface area contributed by atoms with E-state index in [9.17, 15) is 9.59 Å². The number of aromatic nitrogens is 1. The van der Waals surface area contributed by atoms with Crippen molar-refractivity contribution in [1.82, 2.24) is 20.5 Å². The molecule has 2 N–H and O–H groups in total. The maximum atomic E-state index is 12.2. The highest BCUT2D eigenvalue weighted by atomic mass is 16.5. The Bertz CT molecular complexity index is 548. The van der Waals surface area contributed by atoms with Crippen LogP contribution in [0.4, 0.5) is 4.79 Å². The molecule has 1 aliphatic rings. The molecule has 1 aromatic heterocycles. The van der Waals surface area contributed by atoms with Crippen LogP contribution in [0.3, 0.4) is 0 Å². The minimum atomic E-state index is -0.344. The fourth-order valence-electron chi connectivity index (χ4n) is 2.66. The van der Waals surface area contributed by atoms with Gasteiger partial charge in [-0.3, -0.25) is 9.78 Å². The van der Waals surface area contributed by atoms with E-state index in [2.05, 4.69) is 15.6 Å². The van der Waals surface area contributed by atoms with Crippen LogP contribution in [-0.2, 0) is 4.74 Å². The molecule has 0 spiro atoms. The van der Waals surface area contributed by atoms with Crippen molar-refractivity contribution in [3.63, 3.8) is 0 Å². The summed E-state index contributed by atoms with van der Waals surface area (Å²) in [6.07, 6.45) is 3.13. The van der Waals surface area contributed by atoms with E-state index in [1.807, 2.05) is 20.8 Å². The molecule has 7 heteroatoms. The molecule has 1 saturated heterocycles. The van der Waals surface area contributed by atoms with Crippen molar-refractivity contribution in [2.45, 2.75) is 32.5 Å². The summed E-state index contributed by atoms with van der Waals surface area (Å²) in [5.41, 5.74) is 0.159. The van der Waals surface area contributed by atoms with Gasteiger partial charge in [0.25, 0.3) is 5.91 Å². The van der Waals surface area contributed by atoms with Crippen molar-refractivity contribution in [2.24, 2.45) is 0 Å². The lowest BCUT2D eigenvalue weighted by Crippen LogP contribution is -2.56. The van der Waals surface area contributed by atoms with Crippen LogP contribution < -0.4 is 10.6 Å². The maximum absolute atomic E-state index is 12.2. The molecule has 126 valence electrons. The number of nitrogens with zero attached hydrogens (tertiary/aromatic N) is 2. The van der Waals surface area contributed by atoms with Gasteiger partial charge in [-0.1, -0.05) is 0 Å². The summed E-state index contributed by atoms with van der Waals surface area (Å²) >= 11 is 0. The molecule has 0 unspecified atom stereocenters. The van der Waals surface area contributed by atoms with Crippen LogP contribution in [0.2, 0.25) is 0 Å². The Hall–Kier alpha value is -2.15. The zero-order chi connectivity index (χ0) is 16.9. The molecule has 0 bridgehead atoms. The Morgan fingerprint density at radius 2 is 2.13 bits per heavy atom. The average molecular weight is 320 g/mol. The fourth-order valence-corrected chi connectivity index (χ4v) is 2.66. The number of amides is 3. The van der Waals surface area contributed by atoms with Gasteiger partial charge in [-0.2, -0.15) is 0 Å². The molecule has 0 aromatic carbocycles. The van der Waals surface area contributed by atoms with Gasteiger partial charge in [0.15, 0.2) is 0 Å². The number of pyridine rings is 1. The predicted molar refractivity (Wildman–Crippen MR) is 86.2 cm³/mol. The maximum Gasteiger partial charge on any atom is 0.317 e. The van der Waals surface area contributed by atoms with Crippen molar-refractivity contribution in [3.8, 4) is 0 Å². The molecule has 0 saturated carbocycles. The van der Waals surface area contributed by atoms with Crippen LogP contribution >= 0.6 is 0 Å². The van der Waals surface area contributed by atoms with E-state index in [4.69, 9.17) is 4.74 Å². The SMILES string of the molecule is C[C@H]1CN(C(=O)NCCNC(=O)c2cccnc2)CC(C)(C)O1. The van der Waals surface area contributed by atoms with E-state index >= 15 is 0 Å². The van der Waals surface area contributed by atoms with E-state index in [0.717, 1.165) is 0 Å². The molecule has 1 fully saturated rings. The summed E-state index contributed by atoms with van der Waals surface area (Å²) < 4.78 is 5.78. The summed E-state index contributed by atoms with van der Waals surface area (Å²) in [4.78, 5) is 29.7. The molecule has 1 aromatic rings. The standard InChI is InChI=1S/C16H24N4O3/c1-12-10-20(11-16(2,3)23-12)15(22)19-8-7-18-14(21)13-5-4-6-17-9-13/h4-6,9,12H,7-8,10-11H2,1-3H3,(H,18,21)(H,19,22)/t12-/m0/s1. The minimum Gasteiger partial charge on any atom is -0.369 e. The number of ether oxygens (including phenoxy) is 1. The van der Waals surface area contributed by atoms with Crippen LogP contribution in [0.5, 0.6) is 0 Å². The molecule has 2 heterocycles. The largest absolute Gasteiger partial charge is 0.369 e. The number of hydrogen-bond donors (Lipinski definition) is 2. The quantitative estimate of drug-likeness (QED) is 0.811. The first-order valence-electron chi connectivity index (χ1n) is 7.76. The lowest BCUT2D eigenvalue weighted by Gasteiger charge is -2.41. The number of hydrogen-bond acceptors (Lipinski definition) is 4. The predicted octanol–water partition coefficient (Wildman–Crippen LogP) is 1.02. The Labute approximate surface area is 136 Å². The van der Waals surface area contributed by atoms with Gasteiger partial charge in [-0.05, 0) is 32.9 Å². The van der Waals surface area contributed by atoms with Crippen molar-refractivity contribution >= 4 is 11.9 Å². The van der Waals surface area contributed by atoms with Crippen molar-refractivity contribution < 1.29 is 14.3 Å². The van der Waals surface area contributed by atoms with Gasteiger partial charge >= 0.3 is 6.03 Å². The van der Waals surface area contributed by atoms with Gasteiger partial charge in [0.1, 0.15) is 0 Å². The van der Waals surface area contributed by atoms with Crippen LogP contribution in [0.15, 0.2) is 24.5 Å². The second-order valence-electron chi connectivity index (χ2n) is 6.30. The van der Waals surface area contributed by atoms with Gasteiger partial charge in [0, 0.05) is 32.0 Å². The summed E-state index contributed by atoms with van der Waals surface area (Å²) in [6.45, 7) is 7.74. The number of rotatable bonds is 4. The zero-order valence-electron chi connectivity index (χ0n) is 13.8. The Balaban J connectivity index is 1.72. The lowest BCUT2D eigenvalue weighted by molar-refractivity contribution is -0.117. The van der Waals surface area contributed by atoms with Gasteiger partial charge in [0.2, 0.25) is 0 Å². The molecule has 1 atom stereocenters. The van der Waals surface area contributed by atoms with Crippen LogP contribution in [-0.4, -0.2) is 59.7 Å². The number of carbonyl (C=O) groups is 2. The number of urea groups is 1. The van der Waals surface area contributed by atoms with Gasteiger partial charge in [-0.25, -0.2) is 4.79 Å². The Morgan fingerprint density at radius 3 is 2.78 bits per heavy atom. The van der Waals surface area contributed by atoms with Gasteiger partial charge in [-0.15, -0.1) is 0 Å². The van der Waals surface area contributed by atoms with E-state index < -0.39 is 0 Å². The highest BCUT2D eigenvalue weighted by molar-refractivity contribution is 5.93. The molecule has 3 amide bonds. The topological polar surface area (TPSA) is 83.6 Å². The van der Waals surface area contributed by atoms with E-state index in [1.165, 1.54) is 6.20 Å². The normalized spacial score (nSPS) is 20.0. The summed E-state index contributed by atoms with van der Waals surface area (Å²) in [7, 11) is 0. The van der Waals surface area contributed by atoms with Crippen LogP contribution in [0.25, 0.3) is 0 Å². The van der Waals surface area contributed by atoms with Crippen molar-refractivity contribution in [3.05, 3.63) is 30.1 Å². The molecule has 23 heavy (non-hydrogen) atoms. The Morgan fingerprint density at radius 1 is 1.39 bits per heavy atom. The molecule has 7 nitrogen and oxygen atoms in total. The zero-order valence-corrected chi connectivity index (χ0v) is 13.8. The average Bonchev–Trinajstić information content (AvgIpc) is 2.50. The second-order valence-corrected chi connectivity index (χ2v) is 6.30. The first-order valence-corrected chi connectivity index (χ1v) is 7.76. The fraction of sp³-hybridized carbons (Fsp3) is 0.562. The van der Waals surface area contributed by atoms with Crippen molar-refractivity contribution in [1.29, 1.82) is 0 Å². The molecule has 0 aliphatic carbocycles. The third-order valence-corrected chi connectivity index (χ3v) is 3.47. The first-order chi connectivity index (χ1) is 10.9. The van der Waals surface area contributed by atoms with Crippen LogP contribution in [0, 0.1) is 0 Å². The van der Waals surface area contributed by atoms with Crippen LogP contribution in [0.1, 0.15) is 31.1 Å². The third kappa shape index (κ3) is 5.21. The summed E-state index contributed by atoms with van der Waals surface area (Å²) in [5, 5.41) is 5.56. The smallest absolute Gasteiger partial charge is 0.317 e. The molecule has 2 rings (SSSR count).